The van der Waals surface area contributed by atoms with Gasteiger partial charge in [0.15, 0.2) is 0 Å². The number of rotatable bonds is 13. The minimum Gasteiger partial charge on any atom is -0.507 e. The van der Waals surface area contributed by atoms with Gasteiger partial charge in [-0.1, -0.05) is 12.1 Å². The second kappa shape index (κ2) is 20.2. The van der Waals surface area contributed by atoms with Crippen LogP contribution < -0.4 is 36.4 Å². The normalized spacial score (nSPS) is 15.0. The van der Waals surface area contributed by atoms with E-state index < -0.39 is 41.2 Å². The zero-order chi connectivity index (χ0) is 51.9. The number of hydrogen-bond donors (Lipinski definition) is 7. The molecule has 2 unspecified atom stereocenters. The average Bonchev–Trinajstić information content (AvgIpc) is 4.09. The van der Waals surface area contributed by atoms with Crippen LogP contribution in [0.5, 0.6) is 11.5 Å². The van der Waals surface area contributed by atoms with Crippen LogP contribution in [0.25, 0.3) is 21.5 Å². The van der Waals surface area contributed by atoms with Crippen molar-refractivity contribution >= 4 is 120 Å². The molecule has 0 fully saturated rings. The predicted molar refractivity (Wildman–Crippen MR) is 276 cm³/mol. The van der Waals surface area contributed by atoms with Gasteiger partial charge >= 0.3 is 6.09 Å². The lowest BCUT2D eigenvalue weighted by Gasteiger charge is -2.25. The molecule has 4 heterocycles. The van der Waals surface area contributed by atoms with Gasteiger partial charge in [-0.15, -0.1) is 23.2 Å². The number of aryl methyl sites for hydroxylation is 2. The fourth-order valence-corrected chi connectivity index (χ4v) is 9.72. The number of ether oxygens (including phenoxy) is 1. The molecule has 0 radical (unpaired) electrons. The number of phenolic OH excluding ortho intramolecular Hbond substituents is 2. The van der Waals surface area contributed by atoms with Crippen LogP contribution in [0.15, 0.2) is 73.1 Å². The molecule has 8 rings (SSSR count). The second-order valence-corrected chi connectivity index (χ2v) is 19.5. The summed E-state index contributed by atoms with van der Waals surface area (Å²) in [6.07, 6.45) is 2.16. The Morgan fingerprint density at radius 1 is 0.625 bits per heavy atom. The molecule has 2 aliphatic rings. The molecule has 376 valence electrons. The lowest BCUT2D eigenvalue weighted by Crippen LogP contribution is -2.40. The summed E-state index contributed by atoms with van der Waals surface area (Å²) in [4.78, 5) is 94.0. The molecule has 0 saturated heterocycles. The summed E-state index contributed by atoms with van der Waals surface area (Å²) < 4.78 is 8.59. The first kappa shape index (κ1) is 50.6. The number of aromatic nitrogens is 2. The molecule has 21 heteroatoms. The molecule has 2 aromatic heterocycles. The van der Waals surface area contributed by atoms with Crippen molar-refractivity contribution in [3.05, 3.63) is 95.6 Å². The quantitative estimate of drug-likeness (QED) is 0.0553. The maximum Gasteiger partial charge on any atom is 0.414 e. The number of benzene rings is 4. The summed E-state index contributed by atoms with van der Waals surface area (Å²) in [6, 6.07) is 16.0. The van der Waals surface area contributed by atoms with Gasteiger partial charge in [0.2, 0.25) is 23.6 Å². The number of alkyl halides is 2. The van der Waals surface area contributed by atoms with Crippen LogP contribution >= 0.6 is 23.2 Å². The first-order chi connectivity index (χ1) is 34.1. The van der Waals surface area contributed by atoms with E-state index in [4.69, 9.17) is 27.9 Å². The third-order valence-electron chi connectivity index (χ3n) is 12.4. The zero-order valence-electron chi connectivity index (χ0n) is 40.2. The maximum atomic E-state index is 13.6. The largest absolute Gasteiger partial charge is 0.507 e. The lowest BCUT2D eigenvalue weighted by atomic mass is 9.95. The Bertz CT molecular complexity index is 3230. The first-order valence-corrected chi connectivity index (χ1v) is 24.0. The van der Waals surface area contributed by atoms with Gasteiger partial charge in [0.1, 0.15) is 28.5 Å². The van der Waals surface area contributed by atoms with Gasteiger partial charge in [-0.05, 0) is 79.1 Å². The molecule has 2 atom stereocenters. The number of carbonyl (C=O) groups is 7. The van der Waals surface area contributed by atoms with E-state index in [1.54, 1.807) is 71.3 Å². The molecule has 4 aromatic carbocycles. The van der Waals surface area contributed by atoms with E-state index in [1.807, 2.05) is 0 Å². The highest BCUT2D eigenvalue weighted by Crippen LogP contribution is 2.47. The number of halogens is 2. The van der Waals surface area contributed by atoms with Gasteiger partial charge in [0.05, 0.1) is 29.3 Å². The number of fused-ring (bicyclic) bond motifs is 6. The Labute approximate surface area is 423 Å². The highest BCUT2D eigenvalue weighted by molar-refractivity contribution is 6.20. The molecule has 2 aliphatic heterocycles. The molecule has 0 aliphatic carbocycles. The van der Waals surface area contributed by atoms with Gasteiger partial charge in [-0.2, -0.15) is 0 Å². The van der Waals surface area contributed by atoms with Crippen molar-refractivity contribution in [2.45, 2.75) is 58.0 Å². The third kappa shape index (κ3) is 10.5. The van der Waals surface area contributed by atoms with E-state index in [1.165, 1.54) is 62.5 Å². The van der Waals surface area contributed by atoms with Crippen molar-refractivity contribution in [3.63, 3.8) is 0 Å². The number of amides is 7. The van der Waals surface area contributed by atoms with E-state index in [0.29, 0.717) is 50.0 Å². The number of carbonyl (C=O) groups excluding carboxylic acids is 7. The molecule has 72 heavy (non-hydrogen) atoms. The number of phenols is 2. The Kier molecular flexibility index (Phi) is 14.2. The summed E-state index contributed by atoms with van der Waals surface area (Å²) in [7, 11) is 3.22. The summed E-state index contributed by atoms with van der Waals surface area (Å²) in [5.41, 5.74) is 3.62. The predicted octanol–water partition coefficient (Wildman–Crippen LogP) is 7.83. The van der Waals surface area contributed by atoms with Crippen molar-refractivity contribution in [1.82, 2.24) is 14.5 Å². The van der Waals surface area contributed by atoms with Gasteiger partial charge in [-0.3, -0.25) is 33.7 Å². The molecule has 19 nitrogen and oxygen atoms in total. The zero-order valence-corrected chi connectivity index (χ0v) is 41.7. The van der Waals surface area contributed by atoms with Gasteiger partial charge in [0, 0.05) is 117 Å². The monoisotopic (exact) mass is 1020 g/mol. The third-order valence-corrected chi connectivity index (χ3v) is 13.1. The number of anilines is 6. The number of hydrogen-bond acceptors (Lipinski definition) is 10. The van der Waals surface area contributed by atoms with Gasteiger partial charge < -0.3 is 55.6 Å². The van der Waals surface area contributed by atoms with Crippen LogP contribution in [0.1, 0.15) is 84.5 Å². The van der Waals surface area contributed by atoms with E-state index in [9.17, 15) is 43.8 Å². The minimum absolute atomic E-state index is 0.0913. The summed E-state index contributed by atoms with van der Waals surface area (Å²) in [6.45, 7) is 6.82. The molecule has 6 aromatic rings. The Balaban J connectivity index is 0.837. The van der Waals surface area contributed by atoms with E-state index >= 15 is 0 Å². The summed E-state index contributed by atoms with van der Waals surface area (Å²) in [5, 5.41) is 37.9. The van der Waals surface area contributed by atoms with Crippen LogP contribution in [0, 0.1) is 0 Å². The topological polar surface area (TPSA) is 246 Å². The highest BCUT2D eigenvalue weighted by atomic mass is 35.5. The standard InChI is InChI=1S/C51H53Cl2N9O10/c1-26(63)55-29-7-9-33-35(13-29)41(64)17-37-46(33)27(19-52)22-61(37)45(68)21-54-48(69)39-16-32(25-59(39)5)58-49(70)40-15-31(24-60(40)6)57-44(67)12-11-43(66)56-30-8-10-34-36(14-30)42(65)18-38-47(34)28(20-53)23-62(38)50(71)72-51(2,3)4/h7-10,13-18,24-25,27-28,64-65H,11-12,19-23H2,1-6H3,(H,54,69)(H,55,63)(H,56,66)(H,57,67)(H,58,70). The van der Waals surface area contributed by atoms with Gasteiger partial charge in [-0.25, -0.2) is 4.79 Å². The van der Waals surface area contributed by atoms with Crippen LogP contribution in [-0.4, -0.2) is 97.9 Å². The molecule has 0 bridgehead atoms. The Hall–Kier alpha value is -7.77. The molecule has 7 amide bonds. The number of aromatic hydroxyl groups is 2. The van der Waals surface area contributed by atoms with Gasteiger partial charge in [0.25, 0.3) is 11.8 Å². The fourth-order valence-electron chi connectivity index (χ4n) is 9.22. The van der Waals surface area contributed by atoms with Crippen LogP contribution in [0.3, 0.4) is 0 Å². The van der Waals surface area contributed by atoms with Crippen LogP contribution in [0.4, 0.5) is 38.9 Å². The Morgan fingerprint density at radius 2 is 1.10 bits per heavy atom. The number of nitrogens with zero attached hydrogens (tertiary/aromatic N) is 4. The van der Waals surface area contributed by atoms with E-state index in [-0.39, 0.29) is 90.6 Å². The average molecular weight is 1020 g/mol. The molecular formula is C51H53Cl2N9O10. The van der Waals surface area contributed by atoms with E-state index in [2.05, 4.69) is 26.6 Å². The smallest absolute Gasteiger partial charge is 0.414 e. The van der Waals surface area contributed by atoms with Crippen molar-refractivity contribution in [1.29, 1.82) is 0 Å². The SMILES string of the molecule is CC(=O)Nc1ccc2c3c(cc(O)c2c1)N(C(=O)CNC(=O)c1cc(NC(=O)c2cc(NC(=O)CCC(=O)Nc4ccc5c6c(cc(O)c5c4)N(C(=O)OC(C)(C)C)CC6CCl)cn2C)cn1C)CC3CCl. The lowest BCUT2D eigenvalue weighted by molar-refractivity contribution is -0.121. The van der Waals surface area contributed by atoms with Crippen molar-refractivity contribution < 1.29 is 48.5 Å². The number of nitrogens with one attached hydrogen (secondary N) is 5. The second-order valence-electron chi connectivity index (χ2n) is 18.8. The fraction of sp³-hybridized carbons (Fsp3) is 0.314. The maximum absolute atomic E-state index is 13.6. The van der Waals surface area contributed by atoms with Crippen molar-refractivity contribution in [2.75, 3.05) is 62.5 Å². The summed E-state index contributed by atoms with van der Waals surface area (Å²) >= 11 is 12.7. The minimum atomic E-state index is -0.723. The van der Waals surface area contributed by atoms with Crippen LogP contribution in [-0.2, 0) is 38.0 Å². The Morgan fingerprint density at radius 3 is 1.61 bits per heavy atom. The molecule has 0 spiro atoms. The molecule has 7 N–H and O–H groups in total. The van der Waals surface area contributed by atoms with Crippen molar-refractivity contribution in [3.8, 4) is 11.5 Å². The first-order valence-electron chi connectivity index (χ1n) is 22.9. The highest BCUT2D eigenvalue weighted by Gasteiger charge is 2.38. The summed E-state index contributed by atoms with van der Waals surface area (Å²) in [5.74, 6) is -3.02. The van der Waals surface area contributed by atoms with Crippen LogP contribution in [0.2, 0.25) is 0 Å². The molecular weight excluding hydrogens is 970 g/mol. The van der Waals surface area contributed by atoms with E-state index in [0.717, 1.165) is 11.1 Å². The van der Waals surface area contributed by atoms with Crippen molar-refractivity contribution in [2.24, 2.45) is 14.1 Å². The molecule has 0 saturated carbocycles.